The first-order chi connectivity index (χ1) is 9.22. The number of halogens is 1. The lowest BCUT2D eigenvalue weighted by atomic mass is 10.4. The minimum absolute atomic E-state index is 0.340. The van der Waals surface area contributed by atoms with Crippen LogP contribution >= 0.6 is 27.3 Å². The van der Waals surface area contributed by atoms with Gasteiger partial charge in [0.25, 0.3) is 0 Å². The maximum Gasteiger partial charge on any atom is 0.158 e. The Morgan fingerprint density at radius 1 is 1.42 bits per heavy atom. The molecule has 0 saturated heterocycles. The molecule has 19 heavy (non-hydrogen) atoms. The molecule has 0 aliphatic rings. The van der Waals surface area contributed by atoms with Gasteiger partial charge in [0.05, 0.1) is 6.54 Å². The van der Waals surface area contributed by atoms with Crippen LogP contribution in [-0.4, -0.2) is 17.1 Å². The van der Waals surface area contributed by atoms with E-state index in [1.54, 1.807) is 24.5 Å². The van der Waals surface area contributed by atoms with Gasteiger partial charge >= 0.3 is 0 Å². The Bertz CT molecular complexity index is 548. The summed E-state index contributed by atoms with van der Waals surface area (Å²) < 4.78 is 6.12. The fourth-order valence-corrected chi connectivity index (χ4v) is 2.91. The molecule has 0 aromatic carbocycles. The van der Waals surface area contributed by atoms with E-state index >= 15 is 0 Å². The van der Waals surface area contributed by atoms with Gasteiger partial charge in [0.15, 0.2) is 5.82 Å². The third-order valence-electron chi connectivity index (χ3n) is 2.31. The first-order valence-corrected chi connectivity index (χ1v) is 7.19. The second-order valence-corrected chi connectivity index (χ2v) is 5.53. The number of hydrogen-bond donors (Lipinski definition) is 3. The Balaban J connectivity index is 2.10. The maximum atomic E-state index is 5.38. The molecule has 2 aromatic rings. The summed E-state index contributed by atoms with van der Waals surface area (Å²) in [6.07, 6.45) is 0. The van der Waals surface area contributed by atoms with Gasteiger partial charge in [-0.2, -0.15) is 0 Å². The van der Waals surface area contributed by atoms with Crippen molar-refractivity contribution in [1.82, 2.24) is 9.97 Å². The lowest BCUT2D eigenvalue weighted by molar-refractivity contribution is 0.178. The largest absolute Gasteiger partial charge is 0.377 e. The van der Waals surface area contributed by atoms with Crippen molar-refractivity contribution in [1.29, 1.82) is 0 Å². The van der Waals surface area contributed by atoms with Gasteiger partial charge in [0, 0.05) is 22.5 Å². The fraction of sp³-hybridized carbons (Fsp3) is 0.273. The van der Waals surface area contributed by atoms with E-state index in [0.717, 1.165) is 4.47 Å². The van der Waals surface area contributed by atoms with Crippen LogP contribution in [0.1, 0.15) is 10.7 Å². The summed E-state index contributed by atoms with van der Waals surface area (Å²) in [6.45, 7) is 1.03. The van der Waals surface area contributed by atoms with Crippen LogP contribution in [0.3, 0.4) is 0 Å². The molecule has 2 aromatic heterocycles. The first kappa shape index (κ1) is 14.2. The van der Waals surface area contributed by atoms with Crippen molar-refractivity contribution >= 4 is 38.9 Å². The third kappa shape index (κ3) is 3.87. The monoisotopic (exact) mass is 343 g/mol. The molecular formula is C11H14BrN5OS. The normalized spacial score (nSPS) is 10.5. The van der Waals surface area contributed by atoms with Crippen LogP contribution in [-0.2, 0) is 17.9 Å². The van der Waals surface area contributed by atoms with Crippen LogP contribution in [0.15, 0.2) is 22.0 Å². The highest BCUT2D eigenvalue weighted by atomic mass is 79.9. The van der Waals surface area contributed by atoms with Gasteiger partial charge in [0.2, 0.25) is 0 Å². The molecule has 0 saturated carbocycles. The lowest BCUT2D eigenvalue weighted by Gasteiger charge is -2.09. The number of hydrazine groups is 1. The van der Waals surface area contributed by atoms with E-state index in [1.807, 2.05) is 11.4 Å². The predicted octanol–water partition coefficient (Wildman–Crippen LogP) is 2.34. The Hall–Kier alpha value is -1.22. The first-order valence-electron chi connectivity index (χ1n) is 5.52. The summed E-state index contributed by atoms with van der Waals surface area (Å²) in [6, 6.07) is 3.77. The number of anilines is 2. The molecule has 0 spiro atoms. The van der Waals surface area contributed by atoms with E-state index in [2.05, 4.69) is 36.6 Å². The van der Waals surface area contributed by atoms with Crippen molar-refractivity contribution in [2.75, 3.05) is 17.9 Å². The highest BCUT2D eigenvalue weighted by molar-refractivity contribution is 9.10. The molecule has 8 heteroatoms. The lowest BCUT2D eigenvalue weighted by Crippen LogP contribution is -2.12. The summed E-state index contributed by atoms with van der Waals surface area (Å²) in [7, 11) is 1.60. The molecule has 0 fully saturated rings. The second kappa shape index (κ2) is 6.80. The number of aromatic nitrogens is 2. The topological polar surface area (TPSA) is 85.1 Å². The van der Waals surface area contributed by atoms with Gasteiger partial charge in [-0.1, -0.05) is 0 Å². The zero-order valence-corrected chi connectivity index (χ0v) is 12.7. The van der Waals surface area contributed by atoms with E-state index in [9.17, 15) is 0 Å². The van der Waals surface area contributed by atoms with Gasteiger partial charge in [-0.25, -0.2) is 15.8 Å². The Morgan fingerprint density at radius 2 is 2.21 bits per heavy atom. The highest BCUT2D eigenvalue weighted by Gasteiger charge is 2.05. The molecule has 0 unspecified atom stereocenters. The quantitative estimate of drug-likeness (QED) is 0.551. The van der Waals surface area contributed by atoms with Crippen molar-refractivity contribution in [2.45, 2.75) is 13.2 Å². The minimum atomic E-state index is 0.340. The number of hydrogen-bond acceptors (Lipinski definition) is 7. The SMILES string of the molecule is COCc1nc(NN)cc(NCc2sccc2Br)n1. The van der Waals surface area contributed by atoms with Gasteiger partial charge in [-0.15, -0.1) is 11.3 Å². The average molecular weight is 344 g/mol. The standard InChI is InChI=1S/C11H14BrN5OS/c1-18-6-11-15-9(4-10(16-11)17-13)14-5-8-7(12)2-3-19-8/h2-4H,5-6,13H2,1H3,(H2,14,15,16,17). The number of nitrogens with zero attached hydrogens (tertiary/aromatic N) is 2. The van der Waals surface area contributed by atoms with Gasteiger partial charge < -0.3 is 15.5 Å². The minimum Gasteiger partial charge on any atom is -0.377 e. The van der Waals surface area contributed by atoms with E-state index in [1.165, 1.54) is 4.88 Å². The smallest absolute Gasteiger partial charge is 0.158 e. The Morgan fingerprint density at radius 3 is 2.84 bits per heavy atom. The molecule has 0 bridgehead atoms. The number of thiophene rings is 1. The molecular weight excluding hydrogens is 330 g/mol. The van der Waals surface area contributed by atoms with Gasteiger partial charge in [-0.05, 0) is 27.4 Å². The van der Waals surface area contributed by atoms with Crippen molar-refractivity contribution in [3.05, 3.63) is 32.7 Å². The Labute approximate surface area is 123 Å². The van der Waals surface area contributed by atoms with Crippen LogP contribution in [0.5, 0.6) is 0 Å². The van der Waals surface area contributed by atoms with Crippen LogP contribution in [0, 0.1) is 0 Å². The molecule has 0 atom stereocenters. The summed E-state index contributed by atoms with van der Waals surface area (Å²) >= 11 is 5.17. The Kier molecular flexibility index (Phi) is 5.08. The van der Waals surface area contributed by atoms with Crippen molar-refractivity contribution in [3.8, 4) is 0 Å². The van der Waals surface area contributed by atoms with E-state index < -0.39 is 0 Å². The number of rotatable bonds is 6. The molecule has 0 aliphatic heterocycles. The predicted molar refractivity (Wildman–Crippen MR) is 79.9 cm³/mol. The van der Waals surface area contributed by atoms with E-state index in [0.29, 0.717) is 30.6 Å². The highest BCUT2D eigenvalue weighted by Crippen LogP contribution is 2.23. The average Bonchev–Trinajstić information content (AvgIpc) is 2.82. The summed E-state index contributed by atoms with van der Waals surface area (Å²) in [4.78, 5) is 9.73. The van der Waals surface area contributed by atoms with Crippen LogP contribution in [0.4, 0.5) is 11.6 Å². The molecule has 2 rings (SSSR count). The second-order valence-electron chi connectivity index (χ2n) is 3.68. The third-order valence-corrected chi connectivity index (χ3v) is 4.24. The van der Waals surface area contributed by atoms with Crippen molar-refractivity contribution in [3.63, 3.8) is 0 Å². The van der Waals surface area contributed by atoms with Gasteiger partial charge in [-0.3, -0.25) is 0 Å². The number of nitrogens with one attached hydrogen (secondary N) is 2. The number of nitrogen functional groups attached to an aromatic ring is 1. The van der Waals surface area contributed by atoms with E-state index in [-0.39, 0.29) is 0 Å². The maximum absolute atomic E-state index is 5.38. The molecule has 0 aliphatic carbocycles. The molecule has 2 heterocycles. The molecule has 0 amide bonds. The number of methoxy groups -OCH3 is 1. The molecule has 4 N–H and O–H groups in total. The number of nitrogens with two attached hydrogens (primary N) is 1. The van der Waals surface area contributed by atoms with Crippen LogP contribution in [0.25, 0.3) is 0 Å². The summed E-state index contributed by atoms with van der Waals surface area (Å²) in [5.74, 6) is 7.21. The number of ether oxygens (including phenoxy) is 1. The molecule has 102 valence electrons. The zero-order valence-electron chi connectivity index (χ0n) is 10.3. The van der Waals surface area contributed by atoms with Crippen molar-refractivity contribution in [2.24, 2.45) is 5.84 Å². The molecule has 0 radical (unpaired) electrons. The van der Waals surface area contributed by atoms with Gasteiger partial charge in [0.1, 0.15) is 18.2 Å². The van der Waals surface area contributed by atoms with E-state index in [4.69, 9.17) is 10.6 Å². The van der Waals surface area contributed by atoms with Crippen LogP contribution in [0.2, 0.25) is 0 Å². The fourth-order valence-electron chi connectivity index (χ4n) is 1.48. The summed E-state index contributed by atoms with van der Waals surface area (Å²) in [5.41, 5.74) is 2.52. The zero-order chi connectivity index (χ0) is 13.7. The van der Waals surface area contributed by atoms with Crippen LogP contribution < -0.4 is 16.6 Å². The summed E-state index contributed by atoms with van der Waals surface area (Å²) in [5, 5.41) is 5.27. The van der Waals surface area contributed by atoms with Crippen molar-refractivity contribution < 1.29 is 4.74 Å². The molecule has 6 nitrogen and oxygen atoms in total.